The smallest absolute Gasteiger partial charge is 0.354 e. The molecule has 1 aromatic carbocycles. The second kappa shape index (κ2) is 6.05. The minimum Gasteiger partial charge on any atom is -0.495 e. The molecule has 0 fully saturated rings. The topological polar surface area (TPSA) is 88.4 Å². The standard InChI is InChI=1S/C15H18N2O5/c1-4-22-13(18)10-9-15(2,14(19)20)17(16-10)11-7-5-6-8-12(11)21-3/h5-8H,4,9H2,1-3H3,(H,19,20)/t15-/m0/s1. The molecule has 0 bridgehead atoms. The molecular formula is C15H18N2O5. The van der Waals surface area contributed by atoms with Crippen molar-refractivity contribution in [2.45, 2.75) is 25.8 Å². The Morgan fingerprint density at radius 1 is 1.41 bits per heavy atom. The van der Waals surface area contributed by atoms with Crippen LogP contribution in [0.5, 0.6) is 5.75 Å². The highest BCUT2D eigenvalue weighted by atomic mass is 16.5. The predicted molar refractivity (Wildman–Crippen MR) is 80.2 cm³/mol. The fourth-order valence-corrected chi connectivity index (χ4v) is 2.29. The lowest BCUT2D eigenvalue weighted by atomic mass is 9.95. The van der Waals surface area contributed by atoms with E-state index < -0.39 is 17.5 Å². The molecule has 1 aromatic rings. The molecule has 2 rings (SSSR count). The summed E-state index contributed by atoms with van der Waals surface area (Å²) in [6.45, 7) is 3.40. The summed E-state index contributed by atoms with van der Waals surface area (Å²) in [5, 5.41) is 15.1. The minimum absolute atomic E-state index is 0.0424. The number of para-hydroxylation sites is 2. The molecule has 1 heterocycles. The van der Waals surface area contributed by atoms with Crippen molar-refractivity contribution >= 4 is 23.3 Å². The quantitative estimate of drug-likeness (QED) is 0.832. The van der Waals surface area contributed by atoms with Gasteiger partial charge in [-0.3, -0.25) is 0 Å². The van der Waals surface area contributed by atoms with Gasteiger partial charge in [-0.2, -0.15) is 5.10 Å². The molecule has 0 radical (unpaired) electrons. The van der Waals surface area contributed by atoms with E-state index in [1.807, 2.05) is 0 Å². The number of anilines is 1. The Morgan fingerprint density at radius 3 is 2.68 bits per heavy atom. The molecule has 118 valence electrons. The van der Waals surface area contributed by atoms with Crippen LogP contribution in [0.4, 0.5) is 5.69 Å². The van der Waals surface area contributed by atoms with Crippen molar-refractivity contribution in [3.05, 3.63) is 24.3 Å². The molecule has 1 aliphatic heterocycles. The van der Waals surface area contributed by atoms with Crippen LogP contribution in [0, 0.1) is 0 Å². The van der Waals surface area contributed by atoms with Gasteiger partial charge in [-0.15, -0.1) is 0 Å². The number of nitrogens with zero attached hydrogens (tertiary/aromatic N) is 2. The molecule has 0 aliphatic carbocycles. The van der Waals surface area contributed by atoms with Gasteiger partial charge < -0.3 is 14.6 Å². The number of hydrazone groups is 1. The SMILES string of the molecule is CCOC(=O)C1=NN(c2ccccc2OC)[C@](C)(C(=O)O)C1. The van der Waals surface area contributed by atoms with Gasteiger partial charge in [0.1, 0.15) is 17.1 Å². The van der Waals surface area contributed by atoms with Gasteiger partial charge in [-0.05, 0) is 26.0 Å². The van der Waals surface area contributed by atoms with Crippen LogP contribution in [0.15, 0.2) is 29.4 Å². The molecule has 1 aliphatic rings. The maximum Gasteiger partial charge on any atom is 0.354 e. The zero-order chi connectivity index (χ0) is 16.3. The van der Waals surface area contributed by atoms with E-state index in [0.29, 0.717) is 11.4 Å². The Hall–Kier alpha value is -2.57. The number of aliphatic carboxylic acids is 1. The monoisotopic (exact) mass is 306 g/mol. The van der Waals surface area contributed by atoms with Crippen molar-refractivity contribution in [1.82, 2.24) is 0 Å². The number of carbonyl (C=O) groups excluding carboxylic acids is 1. The molecule has 1 atom stereocenters. The molecule has 22 heavy (non-hydrogen) atoms. The van der Waals surface area contributed by atoms with Gasteiger partial charge in [0.25, 0.3) is 0 Å². The first-order valence-corrected chi connectivity index (χ1v) is 6.85. The summed E-state index contributed by atoms with van der Waals surface area (Å²) in [5.74, 6) is -1.21. The lowest BCUT2D eigenvalue weighted by Gasteiger charge is -2.30. The number of hydrogen-bond acceptors (Lipinski definition) is 6. The van der Waals surface area contributed by atoms with Crippen LogP contribution in [0.2, 0.25) is 0 Å². The first-order valence-electron chi connectivity index (χ1n) is 6.85. The highest BCUT2D eigenvalue weighted by Crippen LogP contribution is 2.38. The third-order valence-electron chi connectivity index (χ3n) is 3.48. The number of methoxy groups -OCH3 is 1. The van der Waals surface area contributed by atoms with Crippen LogP contribution in [0.1, 0.15) is 20.3 Å². The normalized spacial score (nSPS) is 20.5. The van der Waals surface area contributed by atoms with Gasteiger partial charge in [0.05, 0.1) is 13.7 Å². The molecule has 0 unspecified atom stereocenters. The summed E-state index contributed by atoms with van der Waals surface area (Å²) in [5.41, 5.74) is -0.816. The number of benzene rings is 1. The van der Waals surface area contributed by atoms with E-state index >= 15 is 0 Å². The average molecular weight is 306 g/mol. The van der Waals surface area contributed by atoms with E-state index in [-0.39, 0.29) is 18.7 Å². The van der Waals surface area contributed by atoms with Gasteiger partial charge in [-0.1, -0.05) is 12.1 Å². The van der Waals surface area contributed by atoms with Crippen molar-refractivity contribution < 1.29 is 24.2 Å². The van der Waals surface area contributed by atoms with Gasteiger partial charge in [0.15, 0.2) is 5.54 Å². The van der Waals surface area contributed by atoms with E-state index in [2.05, 4.69) is 5.10 Å². The molecule has 0 spiro atoms. The van der Waals surface area contributed by atoms with E-state index in [9.17, 15) is 14.7 Å². The Bertz CT molecular complexity index is 628. The van der Waals surface area contributed by atoms with Crippen LogP contribution < -0.4 is 9.75 Å². The van der Waals surface area contributed by atoms with Gasteiger partial charge in [0.2, 0.25) is 0 Å². The molecular weight excluding hydrogens is 288 g/mol. The van der Waals surface area contributed by atoms with Crippen LogP contribution in [0.25, 0.3) is 0 Å². The van der Waals surface area contributed by atoms with Crippen molar-refractivity contribution in [2.75, 3.05) is 18.7 Å². The highest BCUT2D eigenvalue weighted by molar-refractivity contribution is 6.38. The Morgan fingerprint density at radius 2 is 2.09 bits per heavy atom. The van der Waals surface area contributed by atoms with Crippen LogP contribution in [-0.4, -0.2) is 42.0 Å². The molecule has 0 aromatic heterocycles. The molecule has 7 heteroatoms. The maximum atomic E-state index is 11.9. The number of hydrogen-bond donors (Lipinski definition) is 1. The number of carboxylic acids is 1. The van der Waals surface area contributed by atoms with E-state index in [0.717, 1.165) is 0 Å². The third kappa shape index (κ3) is 2.61. The Balaban J connectivity index is 2.48. The Kier molecular flexibility index (Phi) is 4.35. The van der Waals surface area contributed by atoms with Crippen LogP contribution in [-0.2, 0) is 14.3 Å². The lowest BCUT2D eigenvalue weighted by molar-refractivity contribution is -0.142. The largest absolute Gasteiger partial charge is 0.495 e. The highest BCUT2D eigenvalue weighted by Gasteiger charge is 2.48. The Labute approximate surface area is 128 Å². The van der Waals surface area contributed by atoms with Crippen molar-refractivity contribution in [3.8, 4) is 5.75 Å². The number of esters is 1. The summed E-state index contributed by atoms with van der Waals surface area (Å²) in [6, 6.07) is 6.91. The fraction of sp³-hybridized carbons (Fsp3) is 0.400. The summed E-state index contributed by atoms with van der Waals surface area (Å²) >= 11 is 0. The van der Waals surface area contributed by atoms with Crippen molar-refractivity contribution in [1.29, 1.82) is 0 Å². The predicted octanol–water partition coefficient (Wildman–Crippen LogP) is 1.67. The minimum atomic E-state index is -1.38. The molecule has 0 saturated heterocycles. The number of carbonyl (C=O) groups is 2. The van der Waals surface area contributed by atoms with E-state index in [1.165, 1.54) is 19.0 Å². The number of ether oxygens (including phenoxy) is 2. The fourth-order valence-electron chi connectivity index (χ4n) is 2.29. The second-order valence-electron chi connectivity index (χ2n) is 5.01. The third-order valence-corrected chi connectivity index (χ3v) is 3.48. The molecule has 0 saturated carbocycles. The van der Waals surface area contributed by atoms with Crippen molar-refractivity contribution in [2.24, 2.45) is 5.10 Å². The average Bonchev–Trinajstić information content (AvgIpc) is 2.87. The summed E-state index contributed by atoms with van der Waals surface area (Å²) in [7, 11) is 1.49. The lowest BCUT2D eigenvalue weighted by Crippen LogP contribution is -2.47. The summed E-state index contributed by atoms with van der Waals surface area (Å²) in [4.78, 5) is 23.6. The molecule has 0 amide bonds. The molecule has 1 N–H and O–H groups in total. The van der Waals surface area contributed by atoms with E-state index in [4.69, 9.17) is 9.47 Å². The molecule has 7 nitrogen and oxygen atoms in total. The second-order valence-corrected chi connectivity index (χ2v) is 5.01. The van der Waals surface area contributed by atoms with Gasteiger partial charge in [0, 0.05) is 6.42 Å². The zero-order valence-corrected chi connectivity index (χ0v) is 12.7. The van der Waals surface area contributed by atoms with Gasteiger partial charge >= 0.3 is 11.9 Å². The first kappa shape index (κ1) is 15.8. The summed E-state index contributed by atoms with van der Waals surface area (Å²) in [6.07, 6.45) is -0.0424. The first-order chi connectivity index (χ1) is 10.4. The van der Waals surface area contributed by atoms with Crippen molar-refractivity contribution in [3.63, 3.8) is 0 Å². The maximum absolute atomic E-state index is 11.9. The van der Waals surface area contributed by atoms with Crippen LogP contribution in [0.3, 0.4) is 0 Å². The van der Waals surface area contributed by atoms with E-state index in [1.54, 1.807) is 31.2 Å². The number of rotatable bonds is 5. The number of carboxylic acid groups (broad SMARTS) is 1. The van der Waals surface area contributed by atoms with Gasteiger partial charge in [-0.25, -0.2) is 14.6 Å². The van der Waals surface area contributed by atoms with Crippen LogP contribution >= 0.6 is 0 Å². The summed E-state index contributed by atoms with van der Waals surface area (Å²) < 4.78 is 10.2. The zero-order valence-electron chi connectivity index (χ0n) is 12.7.